The van der Waals surface area contributed by atoms with E-state index in [2.05, 4.69) is 19.2 Å². The fraction of sp³-hybridized carbons (Fsp3) is 0.579. The van der Waals surface area contributed by atoms with Crippen LogP contribution >= 0.6 is 0 Å². The van der Waals surface area contributed by atoms with Crippen LogP contribution in [0.15, 0.2) is 30.3 Å². The van der Waals surface area contributed by atoms with E-state index in [4.69, 9.17) is 4.74 Å². The van der Waals surface area contributed by atoms with Crippen molar-refractivity contribution in [2.24, 2.45) is 17.8 Å². The van der Waals surface area contributed by atoms with Gasteiger partial charge in [-0.1, -0.05) is 32.0 Å². The van der Waals surface area contributed by atoms with Crippen LogP contribution in [0.2, 0.25) is 0 Å². The first-order valence-corrected chi connectivity index (χ1v) is 8.77. The summed E-state index contributed by atoms with van der Waals surface area (Å²) in [7, 11) is 0. The molecule has 2 aliphatic rings. The number of carbonyl (C=O) groups is 2. The fourth-order valence-corrected chi connectivity index (χ4v) is 3.61. The molecule has 1 aromatic carbocycles. The largest absolute Gasteiger partial charge is 0.376 e. The molecule has 0 spiro atoms. The Labute approximate surface area is 143 Å². The molecule has 0 aliphatic carbocycles. The van der Waals surface area contributed by atoms with Crippen molar-refractivity contribution >= 4 is 11.8 Å². The van der Waals surface area contributed by atoms with E-state index in [-0.39, 0.29) is 23.8 Å². The summed E-state index contributed by atoms with van der Waals surface area (Å²) in [5.74, 6) is 1.15. The molecule has 1 aromatic rings. The summed E-state index contributed by atoms with van der Waals surface area (Å²) in [6.07, 6.45) is 0.717. The van der Waals surface area contributed by atoms with Gasteiger partial charge in [0.05, 0.1) is 12.7 Å². The molecule has 0 radical (unpaired) electrons. The Bertz CT molecular complexity index is 588. The minimum absolute atomic E-state index is 0.0511. The molecule has 0 aromatic heterocycles. The highest BCUT2D eigenvalue weighted by atomic mass is 16.5. The number of nitrogens with zero attached hydrogens (tertiary/aromatic N) is 1. The number of nitrogens with one attached hydrogen (secondary N) is 1. The van der Waals surface area contributed by atoms with Crippen LogP contribution in [0.3, 0.4) is 0 Å². The molecule has 2 aliphatic heterocycles. The smallest absolute Gasteiger partial charge is 0.251 e. The summed E-state index contributed by atoms with van der Waals surface area (Å²) in [6, 6.07) is 9.24. The van der Waals surface area contributed by atoms with Crippen molar-refractivity contribution in [1.29, 1.82) is 0 Å². The van der Waals surface area contributed by atoms with Crippen molar-refractivity contribution < 1.29 is 14.3 Å². The van der Waals surface area contributed by atoms with Gasteiger partial charge in [-0.05, 0) is 18.1 Å². The van der Waals surface area contributed by atoms with Crippen molar-refractivity contribution in [1.82, 2.24) is 10.2 Å². The Balaban J connectivity index is 1.52. The van der Waals surface area contributed by atoms with Crippen LogP contribution in [0, 0.1) is 17.8 Å². The van der Waals surface area contributed by atoms with Gasteiger partial charge in [0.2, 0.25) is 5.91 Å². The second kappa shape index (κ2) is 7.34. The Morgan fingerprint density at radius 1 is 1.25 bits per heavy atom. The van der Waals surface area contributed by atoms with E-state index in [9.17, 15) is 9.59 Å². The van der Waals surface area contributed by atoms with E-state index < -0.39 is 0 Å². The number of ether oxygens (including phenoxy) is 1. The molecule has 2 amide bonds. The summed E-state index contributed by atoms with van der Waals surface area (Å²) >= 11 is 0. The number of fused-ring (bicyclic) bond motifs is 1. The molecule has 24 heavy (non-hydrogen) atoms. The monoisotopic (exact) mass is 330 g/mol. The van der Waals surface area contributed by atoms with Crippen LogP contribution in [0.1, 0.15) is 30.6 Å². The van der Waals surface area contributed by atoms with Crippen molar-refractivity contribution in [2.45, 2.75) is 26.4 Å². The van der Waals surface area contributed by atoms with Crippen molar-refractivity contribution in [3.8, 4) is 0 Å². The van der Waals surface area contributed by atoms with Gasteiger partial charge in [0.1, 0.15) is 0 Å². The highest BCUT2D eigenvalue weighted by Crippen LogP contribution is 2.33. The highest BCUT2D eigenvalue weighted by molar-refractivity contribution is 5.94. The second-order valence-corrected chi connectivity index (χ2v) is 7.27. The van der Waals surface area contributed by atoms with E-state index in [1.54, 1.807) is 0 Å². The molecular formula is C19H26N2O3. The fourth-order valence-electron chi connectivity index (χ4n) is 3.61. The van der Waals surface area contributed by atoms with E-state index in [0.717, 1.165) is 6.54 Å². The molecule has 2 fully saturated rings. The third-order valence-corrected chi connectivity index (χ3v) is 4.94. The first-order valence-electron chi connectivity index (χ1n) is 8.77. The summed E-state index contributed by atoms with van der Waals surface area (Å²) in [4.78, 5) is 26.3. The first kappa shape index (κ1) is 17.0. The van der Waals surface area contributed by atoms with Crippen LogP contribution in [-0.2, 0) is 9.53 Å². The zero-order valence-corrected chi connectivity index (χ0v) is 14.4. The number of hydrogen-bond acceptors (Lipinski definition) is 3. The van der Waals surface area contributed by atoms with Gasteiger partial charge in [0.15, 0.2) is 0 Å². The Hall–Kier alpha value is -1.88. The summed E-state index contributed by atoms with van der Waals surface area (Å²) in [5.41, 5.74) is 0.674. The van der Waals surface area contributed by atoms with Gasteiger partial charge in [-0.2, -0.15) is 0 Å². The zero-order valence-electron chi connectivity index (χ0n) is 14.4. The van der Waals surface area contributed by atoms with Crippen LogP contribution in [0.25, 0.3) is 0 Å². The van der Waals surface area contributed by atoms with Crippen LogP contribution in [0.5, 0.6) is 0 Å². The lowest BCUT2D eigenvalue weighted by Crippen LogP contribution is -2.35. The lowest BCUT2D eigenvalue weighted by Gasteiger charge is -2.21. The zero-order chi connectivity index (χ0) is 17.1. The lowest BCUT2D eigenvalue weighted by atomic mass is 9.93. The number of likely N-dealkylation sites (tertiary alicyclic amines) is 1. The topological polar surface area (TPSA) is 58.6 Å². The maximum Gasteiger partial charge on any atom is 0.251 e. The van der Waals surface area contributed by atoms with E-state index in [0.29, 0.717) is 43.5 Å². The second-order valence-electron chi connectivity index (χ2n) is 7.27. The van der Waals surface area contributed by atoms with Gasteiger partial charge < -0.3 is 15.0 Å². The molecule has 0 unspecified atom stereocenters. The third-order valence-electron chi connectivity index (χ3n) is 4.94. The Morgan fingerprint density at radius 3 is 2.71 bits per heavy atom. The molecule has 3 atom stereocenters. The van der Waals surface area contributed by atoms with Crippen molar-refractivity contribution in [2.75, 3.05) is 26.2 Å². The van der Waals surface area contributed by atoms with Gasteiger partial charge in [-0.25, -0.2) is 0 Å². The normalized spacial score (nSPS) is 25.8. The molecule has 130 valence electrons. The maximum atomic E-state index is 12.2. The minimum atomic E-state index is -0.0511. The number of hydrogen-bond donors (Lipinski definition) is 1. The van der Waals surface area contributed by atoms with Gasteiger partial charge in [-0.3, -0.25) is 9.59 Å². The molecular weight excluding hydrogens is 304 g/mol. The van der Waals surface area contributed by atoms with Crippen molar-refractivity contribution in [3.63, 3.8) is 0 Å². The van der Waals surface area contributed by atoms with Gasteiger partial charge in [-0.15, -0.1) is 0 Å². The third kappa shape index (κ3) is 3.78. The summed E-state index contributed by atoms with van der Waals surface area (Å²) in [6.45, 7) is 6.83. The van der Waals surface area contributed by atoms with Gasteiger partial charge in [0.25, 0.3) is 5.91 Å². The van der Waals surface area contributed by atoms with Crippen LogP contribution < -0.4 is 5.32 Å². The molecule has 0 saturated carbocycles. The molecule has 5 heteroatoms. The lowest BCUT2D eigenvalue weighted by molar-refractivity contribution is -0.131. The molecule has 3 rings (SSSR count). The van der Waals surface area contributed by atoms with E-state index in [1.165, 1.54) is 0 Å². The van der Waals surface area contributed by atoms with Crippen LogP contribution in [-0.4, -0.2) is 49.1 Å². The first-order chi connectivity index (χ1) is 11.5. The quantitative estimate of drug-likeness (QED) is 0.897. The van der Waals surface area contributed by atoms with E-state index >= 15 is 0 Å². The van der Waals surface area contributed by atoms with Gasteiger partial charge >= 0.3 is 0 Å². The summed E-state index contributed by atoms with van der Waals surface area (Å²) < 4.78 is 5.87. The SMILES string of the molecule is CC(C)CC(=O)N1C[C@@H]2[C@H](CNC(=O)c3ccccc3)CO[C@@H]2C1. The molecule has 1 N–H and O–H groups in total. The molecule has 5 nitrogen and oxygen atoms in total. The Morgan fingerprint density at radius 2 is 2.00 bits per heavy atom. The standard InChI is InChI=1S/C19H26N2O3/c1-13(2)8-18(22)21-10-16-15(12-24-17(16)11-21)9-20-19(23)14-6-4-3-5-7-14/h3-7,13,15-17H,8-12H2,1-2H3,(H,20,23)/t15-,16-,17-/m1/s1. The Kier molecular flexibility index (Phi) is 5.19. The van der Waals surface area contributed by atoms with E-state index in [1.807, 2.05) is 35.2 Å². The van der Waals surface area contributed by atoms with Crippen molar-refractivity contribution in [3.05, 3.63) is 35.9 Å². The molecule has 0 bridgehead atoms. The average Bonchev–Trinajstić information content (AvgIpc) is 3.14. The highest BCUT2D eigenvalue weighted by Gasteiger charge is 2.45. The molecule has 2 saturated heterocycles. The number of rotatable bonds is 5. The predicted molar refractivity (Wildman–Crippen MR) is 91.5 cm³/mol. The van der Waals surface area contributed by atoms with Crippen LogP contribution in [0.4, 0.5) is 0 Å². The van der Waals surface area contributed by atoms with Gasteiger partial charge in [0, 0.05) is 43.5 Å². The average molecular weight is 330 g/mol. The number of carbonyl (C=O) groups excluding carboxylic acids is 2. The predicted octanol–water partition coefficient (Wildman–Crippen LogP) is 1.94. The summed E-state index contributed by atoms with van der Waals surface area (Å²) in [5, 5.41) is 3.01. The molecule has 2 heterocycles. The maximum absolute atomic E-state index is 12.2. The minimum Gasteiger partial charge on any atom is -0.376 e. The number of amides is 2. The number of benzene rings is 1.